The summed E-state index contributed by atoms with van der Waals surface area (Å²) in [6.45, 7) is 2.54. The molecule has 1 aliphatic rings. The molecule has 1 N–H and O–H groups in total. The molecule has 0 radical (unpaired) electrons. The van der Waals surface area contributed by atoms with Gasteiger partial charge in [-0.05, 0) is 25.0 Å². The van der Waals surface area contributed by atoms with E-state index in [0.29, 0.717) is 42.6 Å². The molecule has 0 aromatic carbocycles. The number of carbonyl (C=O) groups excluding carboxylic acids is 1. The summed E-state index contributed by atoms with van der Waals surface area (Å²) >= 11 is 0. The van der Waals surface area contributed by atoms with Crippen molar-refractivity contribution in [1.82, 2.24) is 29.8 Å². The minimum atomic E-state index is 0.0220. The lowest BCUT2D eigenvalue weighted by atomic mass is 9.94. The van der Waals surface area contributed by atoms with Crippen LogP contribution < -0.4 is 5.32 Å². The number of amides is 1. The first kappa shape index (κ1) is 20.8. The van der Waals surface area contributed by atoms with Crippen LogP contribution in [0, 0.1) is 0 Å². The van der Waals surface area contributed by atoms with Crippen LogP contribution in [0.1, 0.15) is 34.8 Å². The molecule has 1 aliphatic heterocycles. The zero-order valence-corrected chi connectivity index (χ0v) is 17.4. The molecule has 1 amide bonds. The average molecular weight is 419 g/mol. The molecule has 0 unspecified atom stereocenters. The largest absolute Gasteiger partial charge is 0.383 e. The number of ether oxygens (including phenoxy) is 1. The molecule has 0 aliphatic carbocycles. The number of piperidine rings is 1. The fourth-order valence-corrected chi connectivity index (χ4v) is 3.66. The predicted molar refractivity (Wildman–Crippen MR) is 116 cm³/mol. The highest BCUT2D eigenvalue weighted by Gasteiger charge is 2.27. The Morgan fingerprint density at radius 2 is 2.06 bits per heavy atom. The Morgan fingerprint density at radius 1 is 1.19 bits per heavy atom. The molecule has 0 bridgehead atoms. The van der Waals surface area contributed by atoms with Crippen LogP contribution in [0.2, 0.25) is 0 Å². The number of rotatable bonds is 7. The van der Waals surface area contributed by atoms with Gasteiger partial charge in [-0.3, -0.25) is 14.8 Å². The lowest BCUT2D eigenvalue weighted by Gasteiger charge is -2.32. The van der Waals surface area contributed by atoms with Crippen LogP contribution in [0.5, 0.6) is 0 Å². The summed E-state index contributed by atoms with van der Waals surface area (Å²) in [5, 5.41) is 3.28. The van der Waals surface area contributed by atoms with E-state index in [1.54, 1.807) is 50.2 Å². The summed E-state index contributed by atoms with van der Waals surface area (Å²) in [5.74, 6) is 1.36. The fourth-order valence-electron chi connectivity index (χ4n) is 3.66. The third-order valence-electron chi connectivity index (χ3n) is 5.20. The van der Waals surface area contributed by atoms with E-state index in [2.05, 4.69) is 25.3 Å². The van der Waals surface area contributed by atoms with Gasteiger partial charge >= 0.3 is 0 Å². The molecule has 9 heteroatoms. The minimum absolute atomic E-state index is 0.0220. The van der Waals surface area contributed by atoms with Crippen molar-refractivity contribution in [3.05, 3.63) is 60.4 Å². The third kappa shape index (κ3) is 5.18. The van der Waals surface area contributed by atoms with Crippen molar-refractivity contribution in [2.24, 2.45) is 0 Å². The molecule has 1 atom stereocenters. The SMILES string of the molecule is COCCNc1cc([C@H]2CCCN(C(=O)c3ccncc3)C2)nc(-c2cnccn2)n1. The number of hydrogen-bond acceptors (Lipinski definition) is 8. The molecule has 31 heavy (non-hydrogen) atoms. The van der Waals surface area contributed by atoms with Crippen molar-refractivity contribution in [3.63, 3.8) is 0 Å². The summed E-state index contributed by atoms with van der Waals surface area (Å²) in [5.41, 5.74) is 2.16. The zero-order valence-electron chi connectivity index (χ0n) is 17.4. The fraction of sp³-hybridized carbons (Fsp3) is 0.364. The van der Waals surface area contributed by atoms with Crippen LogP contribution in [0.15, 0.2) is 49.2 Å². The number of carbonyl (C=O) groups is 1. The monoisotopic (exact) mass is 419 g/mol. The molecular formula is C22H25N7O2. The average Bonchev–Trinajstić information content (AvgIpc) is 2.85. The summed E-state index contributed by atoms with van der Waals surface area (Å²) in [4.78, 5) is 36.7. The van der Waals surface area contributed by atoms with E-state index < -0.39 is 0 Å². The van der Waals surface area contributed by atoms with E-state index >= 15 is 0 Å². The Hall–Kier alpha value is -3.46. The van der Waals surface area contributed by atoms with Gasteiger partial charge in [-0.25, -0.2) is 15.0 Å². The quantitative estimate of drug-likeness (QED) is 0.582. The van der Waals surface area contributed by atoms with E-state index in [-0.39, 0.29) is 11.8 Å². The maximum atomic E-state index is 12.9. The molecule has 160 valence electrons. The summed E-state index contributed by atoms with van der Waals surface area (Å²) in [6, 6.07) is 5.46. The standard InChI is InChI=1S/C22H25N7O2/c1-31-12-10-26-20-13-18(27-21(28-20)19-14-24-8-9-25-19)17-3-2-11-29(15-17)22(30)16-4-6-23-7-5-16/h4-9,13-14,17H,2-3,10-12,15H2,1H3,(H,26,27,28)/t17-/m0/s1. The first-order valence-corrected chi connectivity index (χ1v) is 10.3. The molecular weight excluding hydrogens is 394 g/mol. The Bertz CT molecular complexity index is 1000. The van der Waals surface area contributed by atoms with Crippen molar-refractivity contribution >= 4 is 11.7 Å². The summed E-state index contributed by atoms with van der Waals surface area (Å²) in [6.07, 6.45) is 10.0. The number of nitrogens with one attached hydrogen (secondary N) is 1. The van der Waals surface area contributed by atoms with Crippen LogP contribution in [-0.2, 0) is 4.74 Å². The van der Waals surface area contributed by atoms with Crippen LogP contribution in [0.4, 0.5) is 5.82 Å². The highest BCUT2D eigenvalue weighted by molar-refractivity contribution is 5.94. The van der Waals surface area contributed by atoms with Gasteiger partial charge in [0, 0.05) is 69.1 Å². The number of nitrogens with zero attached hydrogens (tertiary/aromatic N) is 6. The third-order valence-corrected chi connectivity index (χ3v) is 5.20. The minimum Gasteiger partial charge on any atom is -0.383 e. The number of likely N-dealkylation sites (tertiary alicyclic amines) is 1. The first-order valence-electron chi connectivity index (χ1n) is 10.3. The van der Waals surface area contributed by atoms with E-state index in [1.807, 2.05) is 11.0 Å². The van der Waals surface area contributed by atoms with Gasteiger partial charge in [0.15, 0.2) is 5.82 Å². The Labute approximate surface area is 181 Å². The number of hydrogen-bond donors (Lipinski definition) is 1. The smallest absolute Gasteiger partial charge is 0.253 e. The highest BCUT2D eigenvalue weighted by atomic mass is 16.5. The molecule has 0 spiro atoms. The predicted octanol–water partition coefficient (Wildman–Crippen LogP) is 2.41. The summed E-state index contributed by atoms with van der Waals surface area (Å²) in [7, 11) is 1.66. The Kier molecular flexibility index (Phi) is 6.73. The lowest BCUT2D eigenvalue weighted by molar-refractivity contribution is 0.0706. The van der Waals surface area contributed by atoms with Gasteiger partial charge in [-0.15, -0.1) is 0 Å². The van der Waals surface area contributed by atoms with Gasteiger partial charge in [0.25, 0.3) is 5.91 Å². The van der Waals surface area contributed by atoms with E-state index in [4.69, 9.17) is 9.72 Å². The molecule has 1 saturated heterocycles. The Balaban J connectivity index is 1.59. The van der Waals surface area contributed by atoms with Gasteiger partial charge in [0.1, 0.15) is 11.5 Å². The van der Waals surface area contributed by atoms with E-state index in [9.17, 15) is 4.79 Å². The number of methoxy groups -OCH3 is 1. The van der Waals surface area contributed by atoms with Crippen LogP contribution >= 0.6 is 0 Å². The van der Waals surface area contributed by atoms with E-state index in [0.717, 1.165) is 25.1 Å². The maximum absolute atomic E-state index is 12.9. The number of aromatic nitrogens is 5. The lowest BCUT2D eigenvalue weighted by Crippen LogP contribution is -2.39. The zero-order chi connectivity index (χ0) is 21.5. The van der Waals surface area contributed by atoms with Gasteiger partial charge in [-0.2, -0.15) is 0 Å². The second-order valence-corrected chi connectivity index (χ2v) is 7.34. The van der Waals surface area contributed by atoms with Crippen molar-refractivity contribution in [2.45, 2.75) is 18.8 Å². The van der Waals surface area contributed by atoms with Crippen molar-refractivity contribution in [2.75, 3.05) is 38.7 Å². The van der Waals surface area contributed by atoms with Crippen LogP contribution in [0.25, 0.3) is 11.5 Å². The van der Waals surface area contributed by atoms with Crippen molar-refractivity contribution in [3.8, 4) is 11.5 Å². The summed E-state index contributed by atoms with van der Waals surface area (Å²) < 4.78 is 5.13. The number of pyridine rings is 1. The van der Waals surface area contributed by atoms with Crippen molar-refractivity contribution < 1.29 is 9.53 Å². The number of anilines is 1. The molecule has 4 rings (SSSR count). The molecule has 4 heterocycles. The van der Waals surface area contributed by atoms with E-state index in [1.165, 1.54) is 0 Å². The second kappa shape index (κ2) is 10.0. The molecule has 0 saturated carbocycles. The molecule has 9 nitrogen and oxygen atoms in total. The normalized spacial score (nSPS) is 16.2. The molecule has 1 fully saturated rings. The second-order valence-electron chi connectivity index (χ2n) is 7.34. The van der Waals surface area contributed by atoms with Crippen molar-refractivity contribution in [1.29, 1.82) is 0 Å². The molecule has 3 aromatic heterocycles. The Morgan fingerprint density at radius 3 is 2.84 bits per heavy atom. The topological polar surface area (TPSA) is 106 Å². The van der Waals surface area contributed by atoms with Gasteiger partial charge < -0.3 is 15.0 Å². The van der Waals surface area contributed by atoms with Crippen LogP contribution in [-0.4, -0.2) is 69.1 Å². The maximum Gasteiger partial charge on any atom is 0.253 e. The van der Waals surface area contributed by atoms with Gasteiger partial charge in [-0.1, -0.05) is 0 Å². The van der Waals surface area contributed by atoms with Gasteiger partial charge in [0.2, 0.25) is 0 Å². The molecule has 3 aromatic rings. The van der Waals surface area contributed by atoms with Crippen LogP contribution in [0.3, 0.4) is 0 Å². The first-order chi connectivity index (χ1) is 15.2. The van der Waals surface area contributed by atoms with Gasteiger partial charge in [0.05, 0.1) is 18.5 Å². The highest BCUT2D eigenvalue weighted by Crippen LogP contribution is 2.29.